The summed E-state index contributed by atoms with van der Waals surface area (Å²) in [5, 5.41) is 3.04. The highest BCUT2D eigenvalue weighted by Crippen LogP contribution is 2.30. The quantitative estimate of drug-likeness (QED) is 0.892. The molecule has 0 unspecified atom stereocenters. The van der Waals surface area contributed by atoms with E-state index in [9.17, 15) is 9.18 Å². The average Bonchev–Trinajstić information content (AvgIpc) is 3.12. The van der Waals surface area contributed by atoms with Crippen LogP contribution in [0.25, 0.3) is 6.08 Å². The predicted octanol–water partition coefficient (Wildman–Crippen LogP) is 4.37. The first-order chi connectivity index (χ1) is 11.6. The molecule has 24 heavy (non-hydrogen) atoms. The Bertz CT molecular complexity index is 637. The van der Waals surface area contributed by atoms with Crippen LogP contribution in [0.15, 0.2) is 17.7 Å². The molecule has 1 N–H and O–H groups in total. The van der Waals surface area contributed by atoms with Crippen LogP contribution in [0.2, 0.25) is 0 Å². The predicted molar refractivity (Wildman–Crippen MR) is 96.4 cm³/mol. The second kappa shape index (κ2) is 7.37. The van der Waals surface area contributed by atoms with E-state index in [1.165, 1.54) is 24.5 Å². The van der Waals surface area contributed by atoms with E-state index in [1.807, 2.05) is 18.9 Å². The Hall–Kier alpha value is -1.84. The van der Waals surface area contributed by atoms with Gasteiger partial charge in [0, 0.05) is 31.7 Å². The second-order valence-corrected chi connectivity index (χ2v) is 7.03. The molecule has 1 saturated carbocycles. The largest absolute Gasteiger partial charge is 0.388 e. The first-order valence-electron chi connectivity index (χ1n) is 9.04. The highest BCUT2D eigenvalue weighted by atomic mass is 19.1. The van der Waals surface area contributed by atoms with Crippen LogP contribution in [0, 0.1) is 18.7 Å². The van der Waals surface area contributed by atoms with Gasteiger partial charge in [-0.25, -0.2) is 4.39 Å². The van der Waals surface area contributed by atoms with Crippen molar-refractivity contribution < 1.29 is 9.18 Å². The number of benzene rings is 1. The van der Waals surface area contributed by atoms with Gasteiger partial charge in [-0.15, -0.1) is 0 Å². The van der Waals surface area contributed by atoms with Gasteiger partial charge in [-0.3, -0.25) is 4.79 Å². The number of nitrogens with one attached hydrogen (secondary N) is 1. The lowest BCUT2D eigenvalue weighted by Gasteiger charge is -2.30. The van der Waals surface area contributed by atoms with Crippen molar-refractivity contribution in [1.82, 2.24) is 4.90 Å². The molecule has 2 fully saturated rings. The maximum Gasteiger partial charge on any atom is 0.225 e. The number of rotatable bonds is 3. The van der Waals surface area contributed by atoms with Gasteiger partial charge in [0.25, 0.3) is 0 Å². The van der Waals surface area contributed by atoms with Gasteiger partial charge in [0.1, 0.15) is 5.82 Å². The van der Waals surface area contributed by atoms with Crippen LogP contribution in [-0.2, 0) is 4.79 Å². The van der Waals surface area contributed by atoms with Gasteiger partial charge in [-0.1, -0.05) is 24.5 Å². The summed E-state index contributed by atoms with van der Waals surface area (Å²) in [5.41, 5.74) is 4.14. The average molecular weight is 330 g/mol. The summed E-state index contributed by atoms with van der Waals surface area (Å²) in [6.07, 6.45) is 8.41. The Balaban J connectivity index is 1.67. The molecule has 1 aromatic carbocycles. The third kappa shape index (κ3) is 3.63. The number of piperidine rings is 1. The van der Waals surface area contributed by atoms with Crippen LogP contribution in [0.3, 0.4) is 0 Å². The van der Waals surface area contributed by atoms with Gasteiger partial charge in [0.2, 0.25) is 5.91 Å². The van der Waals surface area contributed by atoms with Crippen molar-refractivity contribution in [1.29, 1.82) is 0 Å². The van der Waals surface area contributed by atoms with E-state index in [4.69, 9.17) is 0 Å². The summed E-state index contributed by atoms with van der Waals surface area (Å²) < 4.78 is 13.8. The van der Waals surface area contributed by atoms with E-state index in [0.29, 0.717) is 5.91 Å². The Labute approximate surface area is 143 Å². The number of nitrogens with zero attached hydrogens (tertiary/aromatic N) is 1. The van der Waals surface area contributed by atoms with E-state index < -0.39 is 0 Å². The fourth-order valence-electron chi connectivity index (χ4n) is 3.92. The molecule has 0 spiro atoms. The lowest BCUT2D eigenvalue weighted by molar-refractivity contribution is -0.135. The van der Waals surface area contributed by atoms with Gasteiger partial charge in [0.15, 0.2) is 0 Å². The van der Waals surface area contributed by atoms with Crippen molar-refractivity contribution in [3.63, 3.8) is 0 Å². The number of carbonyl (C=O) groups excluding carboxylic acids is 1. The smallest absolute Gasteiger partial charge is 0.225 e. The summed E-state index contributed by atoms with van der Waals surface area (Å²) in [6, 6.07) is 3.12. The summed E-state index contributed by atoms with van der Waals surface area (Å²) in [4.78, 5) is 14.5. The second-order valence-electron chi connectivity index (χ2n) is 7.03. The van der Waals surface area contributed by atoms with Crippen molar-refractivity contribution in [2.45, 2.75) is 45.4 Å². The van der Waals surface area contributed by atoms with Crippen LogP contribution in [0.1, 0.15) is 49.7 Å². The number of carbonyl (C=O) groups is 1. The van der Waals surface area contributed by atoms with Crippen molar-refractivity contribution in [3.8, 4) is 0 Å². The minimum atomic E-state index is -0.217. The summed E-state index contributed by atoms with van der Waals surface area (Å²) in [7, 11) is 1.81. The fraction of sp³-hybridized carbons (Fsp3) is 0.550. The molecule has 0 aromatic heterocycles. The number of likely N-dealkylation sites (tertiary alicyclic amines) is 1. The molecule has 1 aliphatic carbocycles. The molecule has 2 aliphatic rings. The van der Waals surface area contributed by atoms with Crippen molar-refractivity contribution >= 4 is 17.7 Å². The Morgan fingerprint density at radius 1 is 1.25 bits per heavy atom. The first kappa shape index (κ1) is 17.0. The van der Waals surface area contributed by atoms with Gasteiger partial charge in [-0.2, -0.15) is 0 Å². The van der Waals surface area contributed by atoms with Gasteiger partial charge < -0.3 is 10.2 Å². The Morgan fingerprint density at radius 3 is 2.54 bits per heavy atom. The summed E-state index contributed by atoms with van der Waals surface area (Å²) in [6.45, 7) is 3.61. The topological polar surface area (TPSA) is 32.3 Å². The molecular weight excluding hydrogens is 303 g/mol. The molecule has 0 bridgehead atoms. The molecule has 130 valence electrons. The fourth-order valence-corrected chi connectivity index (χ4v) is 3.92. The van der Waals surface area contributed by atoms with Gasteiger partial charge >= 0.3 is 0 Å². The monoisotopic (exact) mass is 330 g/mol. The SMILES string of the molecule is CNc1cc(F)cc(C=C2CCN(C(=O)C3CCCC3)CC2)c1C. The maximum absolute atomic E-state index is 13.8. The van der Waals surface area contributed by atoms with E-state index in [0.717, 1.165) is 55.6 Å². The molecule has 1 amide bonds. The number of amides is 1. The van der Waals surface area contributed by atoms with Gasteiger partial charge in [-0.05, 0) is 55.9 Å². The van der Waals surface area contributed by atoms with Crippen molar-refractivity contribution in [2.24, 2.45) is 5.92 Å². The lowest BCUT2D eigenvalue weighted by atomic mass is 9.96. The van der Waals surface area contributed by atoms with Crippen LogP contribution in [0.5, 0.6) is 0 Å². The number of hydrogen-bond donors (Lipinski definition) is 1. The minimum absolute atomic E-state index is 0.217. The van der Waals surface area contributed by atoms with Crippen LogP contribution in [0.4, 0.5) is 10.1 Å². The molecule has 1 aliphatic heterocycles. The molecule has 0 atom stereocenters. The van der Waals surface area contributed by atoms with E-state index in [-0.39, 0.29) is 11.7 Å². The molecule has 1 heterocycles. The highest BCUT2D eigenvalue weighted by Gasteiger charge is 2.28. The van der Waals surface area contributed by atoms with E-state index >= 15 is 0 Å². The Kier molecular flexibility index (Phi) is 5.22. The van der Waals surface area contributed by atoms with Gasteiger partial charge in [0.05, 0.1) is 0 Å². The molecular formula is C20H27FN2O. The van der Waals surface area contributed by atoms with Crippen LogP contribution in [-0.4, -0.2) is 30.9 Å². The van der Waals surface area contributed by atoms with E-state index in [1.54, 1.807) is 6.07 Å². The third-order valence-electron chi connectivity index (χ3n) is 5.46. The van der Waals surface area contributed by atoms with Crippen LogP contribution >= 0.6 is 0 Å². The Morgan fingerprint density at radius 2 is 1.92 bits per heavy atom. The zero-order valence-electron chi connectivity index (χ0n) is 14.7. The molecule has 4 heteroatoms. The lowest BCUT2D eigenvalue weighted by Crippen LogP contribution is -2.39. The number of hydrogen-bond acceptors (Lipinski definition) is 2. The highest BCUT2D eigenvalue weighted by molar-refractivity contribution is 5.79. The zero-order chi connectivity index (χ0) is 17.1. The first-order valence-corrected chi connectivity index (χ1v) is 9.04. The maximum atomic E-state index is 13.8. The minimum Gasteiger partial charge on any atom is -0.388 e. The number of anilines is 1. The standard InChI is InChI=1S/C20H27FN2O/c1-14-17(12-18(21)13-19(14)22-2)11-15-7-9-23(10-8-15)20(24)16-5-3-4-6-16/h11-13,16,22H,3-10H2,1-2H3. The summed E-state index contributed by atoms with van der Waals surface area (Å²) >= 11 is 0. The van der Waals surface area contributed by atoms with Crippen molar-refractivity contribution in [3.05, 3.63) is 34.6 Å². The molecule has 3 rings (SSSR count). The molecule has 1 aromatic rings. The zero-order valence-corrected chi connectivity index (χ0v) is 14.7. The summed E-state index contributed by atoms with van der Waals surface area (Å²) in [5.74, 6) is 0.399. The molecule has 3 nitrogen and oxygen atoms in total. The van der Waals surface area contributed by atoms with Crippen LogP contribution < -0.4 is 5.32 Å². The molecule has 1 saturated heterocycles. The van der Waals surface area contributed by atoms with Crippen molar-refractivity contribution in [2.75, 3.05) is 25.5 Å². The molecule has 0 radical (unpaired) electrons. The van der Waals surface area contributed by atoms with E-state index in [2.05, 4.69) is 11.4 Å². The third-order valence-corrected chi connectivity index (χ3v) is 5.46. The number of halogens is 1. The normalized spacial score (nSPS) is 18.8.